The molecule has 0 bridgehead atoms. The predicted octanol–water partition coefficient (Wildman–Crippen LogP) is 1.10. The first-order chi connectivity index (χ1) is 12.0. The lowest BCUT2D eigenvalue weighted by atomic mass is 10.1. The molecule has 3 aromatic rings. The zero-order valence-electron chi connectivity index (χ0n) is 13.9. The van der Waals surface area contributed by atoms with Gasteiger partial charge in [-0.3, -0.25) is 14.3 Å². The molecule has 3 heterocycles. The molecule has 1 saturated heterocycles. The molecule has 0 spiro atoms. The number of nitrogens with two attached hydrogens (primary N) is 1. The van der Waals surface area contributed by atoms with E-state index in [2.05, 4.69) is 11.2 Å². The highest BCUT2D eigenvalue weighted by Crippen LogP contribution is 2.25. The molecule has 128 valence electrons. The van der Waals surface area contributed by atoms with Gasteiger partial charge in [-0.25, -0.2) is 0 Å². The molecule has 1 aromatic carbocycles. The van der Waals surface area contributed by atoms with Crippen LogP contribution in [0.3, 0.4) is 0 Å². The minimum atomic E-state index is -0.491. The topological polar surface area (TPSA) is 86.1 Å². The maximum absolute atomic E-state index is 12.6. The number of rotatable bonds is 4. The maximum Gasteiger partial charge on any atom is 0.251 e. The highest BCUT2D eigenvalue weighted by molar-refractivity contribution is 5.92. The second kappa shape index (κ2) is 5.77. The van der Waals surface area contributed by atoms with Gasteiger partial charge in [-0.05, 0) is 11.6 Å². The molecule has 0 atom stereocenters. The Morgan fingerprint density at radius 2 is 2.00 bits per heavy atom. The fraction of sp³-hybridized carbons (Fsp3) is 0.278. The second-order valence-corrected chi connectivity index (χ2v) is 6.48. The van der Waals surface area contributed by atoms with Gasteiger partial charge in [-0.1, -0.05) is 18.2 Å². The molecule has 7 nitrogen and oxygen atoms in total. The quantitative estimate of drug-likeness (QED) is 0.773. The summed E-state index contributed by atoms with van der Waals surface area (Å²) >= 11 is 0. The predicted molar refractivity (Wildman–Crippen MR) is 93.0 cm³/mol. The molecule has 4 rings (SSSR count). The summed E-state index contributed by atoms with van der Waals surface area (Å²) in [5.74, 6) is -0.385. The summed E-state index contributed by atoms with van der Waals surface area (Å²) in [6.07, 6.45) is 5.51. The molecule has 0 saturated carbocycles. The molecule has 2 N–H and O–H groups in total. The summed E-state index contributed by atoms with van der Waals surface area (Å²) in [5, 5.41) is 5.28. The van der Waals surface area contributed by atoms with Crippen LogP contribution < -0.4 is 5.73 Å². The third-order valence-electron chi connectivity index (χ3n) is 4.80. The molecule has 2 aromatic heterocycles. The van der Waals surface area contributed by atoms with Crippen molar-refractivity contribution in [3.63, 3.8) is 0 Å². The lowest BCUT2D eigenvalue weighted by Gasteiger charge is -2.39. The molecule has 1 fully saturated rings. The number of aryl methyl sites for hydroxylation is 1. The van der Waals surface area contributed by atoms with Crippen LogP contribution >= 0.6 is 0 Å². The molecular formula is C18H19N5O2. The van der Waals surface area contributed by atoms with Crippen LogP contribution in [0, 0.1) is 0 Å². The number of hydrogen-bond donors (Lipinski definition) is 1. The van der Waals surface area contributed by atoms with E-state index in [-0.39, 0.29) is 11.9 Å². The van der Waals surface area contributed by atoms with E-state index >= 15 is 0 Å². The number of aromatic nitrogens is 3. The molecule has 0 radical (unpaired) electrons. The Balaban J connectivity index is 1.42. The Bertz CT molecular complexity index is 965. The van der Waals surface area contributed by atoms with Crippen LogP contribution in [0.1, 0.15) is 22.0 Å². The number of carbonyl (C=O) groups is 2. The number of fused-ring (bicyclic) bond motifs is 1. The van der Waals surface area contributed by atoms with Gasteiger partial charge in [0.1, 0.15) is 0 Å². The van der Waals surface area contributed by atoms with Gasteiger partial charge in [-0.2, -0.15) is 5.10 Å². The number of hydrogen-bond acceptors (Lipinski definition) is 3. The average Bonchev–Trinajstić information content (AvgIpc) is 3.13. The monoisotopic (exact) mass is 337 g/mol. The van der Waals surface area contributed by atoms with Gasteiger partial charge in [0.25, 0.3) is 5.91 Å². The number of primary amides is 1. The fourth-order valence-electron chi connectivity index (χ4n) is 3.33. The Morgan fingerprint density at radius 3 is 2.72 bits per heavy atom. The lowest BCUT2D eigenvalue weighted by Crippen LogP contribution is -2.51. The van der Waals surface area contributed by atoms with Gasteiger partial charge >= 0.3 is 0 Å². The van der Waals surface area contributed by atoms with Crippen molar-refractivity contribution in [2.75, 3.05) is 13.1 Å². The van der Waals surface area contributed by atoms with Crippen molar-refractivity contribution in [2.45, 2.75) is 12.5 Å². The first-order valence-corrected chi connectivity index (χ1v) is 8.17. The van der Waals surface area contributed by atoms with Gasteiger partial charge in [0.05, 0.1) is 24.2 Å². The van der Waals surface area contributed by atoms with Crippen molar-refractivity contribution in [2.24, 2.45) is 12.8 Å². The van der Waals surface area contributed by atoms with E-state index in [1.165, 1.54) is 6.20 Å². The van der Waals surface area contributed by atoms with Crippen LogP contribution in [0.2, 0.25) is 0 Å². The van der Waals surface area contributed by atoms with Crippen molar-refractivity contribution in [3.8, 4) is 0 Å². The molecular weight excluding hydrogens is 318 g/mol. The van der Waals surface area contributed by atoms with E-state index in [1.807, 2.05) is 40.9 Å². The summed E-state index contributed by atoms with van der Waals surface area (Å²) in [6.45, 7) is 1.20. The van der Waals surface area contributed by atoms with Crippen molar-refractivity contribution in [1.29, 1.82) is 0 Å². The Kier molecular flexibility index (Phi) is 3.56. The van der Waals surface area contributed by atoms with Gasteiger partial charge in [0.15, 0.2) is 0 Å². The summed E-state index contributed by atoms with van der Waals surface area (Å²) < 4.78 is 3.76. The largest absolute Gasteiger partial charge is 0.366 e. The minimum absolute atomic E-state index is 0.101. The van der Waals surface area contributed by atoms with E-state index in [0.29, 0.717) is 25.1 Å². The summed E-state index contributed by atoms with van der Waals surface area (Å²) in [4.78, 5) is 25.5. The molecule has 25 heavy (non-hydrogen) atoms. The summed E-state index contributed by atoms with van der Waals surface area (Å²) in [5.41, 5.74) is 7.80. The van der Waals surface area contributed by atoms with E-state index in [4.69, 9.17) is 5.73 Å². The zero-order chi connectivity index (χ0) is 17.6. The van der Waals surface area contributed by atoms with Crippen molar-refractivity contribution < 1.29 is 9.59 Å². The molecule has 7 heteroatoms. The van der Waals surface area contributed by atoms with Crippen molar-refractivity contribution in [1.82, 2.24) is 19.2 Å². The fourth-order valence-corrected chi connectivity index (χ4v) is 3.33. The Labute approximate surface area is 144 Å². The molecule has 1 aliphatic rings. The second-order valence-electron chi connectivity index (χ2n) is 6.48. The third kappa shape index (κ3) is 2.67. The van der Waals surface area contributed by atoms with Gasteiger partial charge in [0.2, 0.25) is 5.91 Å². The van der Waals surface area contributed by atoms with Crippen LogP contribution in [-0.2, 0) is 18.3 Å². The zero-order valence-corrected chi connectivity index (χ0v) is 13.9. The Morgan fingerprint density at radius 1 is 1.24 bits per heavy atom. The standard InChI is InChI=1S/C18H19N5O2/c1-21-8-12(15-4-2-3-5-16(15)21)6-17(24)22-10-14(11-22)23-9-13(7-20-23)18(19)25/h2-5,7-9,14H,6,10-11H2,1H3,(H2,19,25). The first-order valence-electron chi connectivity index (χ1n) is 8.17. The van der Waals surface area contributed by atoms with Crippen LogP contribution in [0.4, 0.5) is 0 Å². The highest BCUT2D eigenvalue weighted by atomic mass is 16.2. The van der Waals surface area contributed by atoms with E-state index in [9.17, 15) is 9.59 Å². The number of likely N-dealkylation sites (tertiary alicyclic amines) is 1. The van der Waals surface area contributed by atoms with Crippen LogP contribution in [0.25, 0.3) is 10.9 Å². The number of carbonyl (C=O) groups excluding carboxylic acids is 2. The van der Waals surface area contributed by atoms with E-state index in [1.54, 1.807) is 10.9 Å². The number of nitrogens with zero attached hydrogens (tertiary/aromatic N) is 4. The Hall–Kier alpha value is -3.09. The van der Waals surface area contributed by atoms with Crippen LogP contribution in [-0.4, -0.2) is 44.2 Å². The third-order valence-corrected chi connectivity index (χ3v) is 4.80. The van der Waals surface area contributed by atoms with Crippen LogP contribution in [0.5, 0.6) is 0 Å². The number of amides is 2. The number of para-hydroxylation sites is 1. The van der Waals surface area contributed by atoms with E-state index < -0.39 is 5.91 Å². The number of benzene rings is 1. The molecule has 0 aliphatic carbocycles. The SMILES string of the molecule is Cn1cc(CC(=O)N2CC(n3cc(C(N)=O)cn3)C2)c2ccccc21. The van der Waals surface area contributed by atoms with Crippen LogP contribution in [0.15, 0.2) is 42.9 Å². The van der Waals surface area contributed by atoms with E-state index in [0.717, 1.165) is 16.5 Å². The maximum atomic E-state index is 12.6. The summed E-state index contributed by atoms with van der Waals surface area (Å²) in [6, 6.07) is 8.19. The minimum Gasteiger partial charge on any atom is -0.366 e. The smallest absolute Gasteiger partial charge is 0.251 e. The molecule has 0 unspecified atom stereocenters. The van der Waals surface area contributed by atoms with Crippen molar-refractivity contribution >= 4 is 22.7 Å². The van der Waals surface area contributed by atoms with Gasteiger partial charge in [0, 0.05) is 43.4 Å². The van der Waals surface area contributed by atoms with Crippen molar-refractivity contribution in [3.05, 3.63) is 54.0 Å². The van der Waals surface area contributed by atoms with Gasteiger partial charge in [-0.15, -0.1) is 0 Å². The lowest BCUT2D eigenvalue weighted by molar-refractivity contribution is -0.136. The average molecular weight is 337 g/mol. The summed E-state index contributed by atoms with van der Waals surface area (Å²) in [7, 11) is 1.99. The highest BCUT2D eigenvalue weighted by Gasteiger charge is 2.32. The molecule has 2 amide bonds. The normalized spacial score (nSPS) is 14.7. The first kappa shape index (κ1) is 15.4. The molecule has 1 aliphatic heterocycles. The van der Waals surface area contributed by atoms with Gasteiger partial charge < -0.3 is 15.2 Å².